The van der Waals surface area contributed by atoms with E-state index in [1.54, 1.807) is 24.3 Å². The minimum atomic E-state index is -5.06. The highest BCUT2D eigenvalue weighted by Gasteiger charge is 2.38. The number of hydrogen-bond donors (Lipinski definition) is 1. The number of carbonyl (C=O) groups is 2. The van der Waals surface area contributed by atoms with Crippen molar-refractivity contribution in [3.63, 3.8) is 0 Å². The molecule has 1 atom stereocenters. The molecule has 1 aliphatic heterocycles. The minimum absolute atomic E-state index is 0.0112. The van der Waals surface area contributed by atoms with Gasteiger partial charge in [0.05, 0.1) is 17.2 Å². The van der Waals surface area contributed by atoms with Crippen LogP contribution >= 0.6 is 11.6 Å². The van der Waals surface area contributed by atoms with E-state index in [4.69, 9.17) is 11.6 Å². The van der Waals surface area contributed by atoms with Gasteiger partial charge in [-0.25, -0.2) is 0 Å². The predicted octanol–water partition coefficient (Wildman–Crippen LogP) is 4.91. The molecule has 1 saturated heterocycles. The molecular weight excluding hydrogens is 438 g/mol. The second-order valence-electron chi connectivity index (χ2n) is 6.65. The molecular formula is C19H13ClF6N2O2. The number of halogens is 7. The molecule has 2 aromatic carbocycles. The van der Waals surface area contributed by atoms with Crippen LogP contribution in [0.1, 0.15) is 27.9 Å². The molecule has 0 saturated carbocycles. The molecule has 3 rings (SSSR count). The third kappa shape index (κ3) is 4.86. The van der Waals surface area contributed by atoms with Gasteiger partial charge in [0.15, 0.2) is 0 Å². The van der Waals surface area contributed by atoms with Crippen LogP contribution in [0, 0.1) is 0 Å². The smallest absolute Gasteiger partial charge is 0.347 e. The summed E-state index contributed by atoms with van der Waals surface area (Å²) in [5.74, 6) is -1.50. The maximum absolute atomic E-state index is 13.0. The highest BCUT2D eigenvalue weighted by atomic mass is 35.5. The Kier molecular flexibility index (Phi) is 5.72. The number of rotatable bonds is 3. The first-order valence-corrected chi connectivity index (χ1v) is 8.88. The summed E-state index contributed by atoms with van der Waals surface area (Å²) in [6.45, 7) is 0.0112. The first kappa shape index (κ1) is 21.9. The summed E-state index contributed by atoms with van der Waals surface area (Å²) in [6, 6.07) is 6.10. The van der Waals surface area contributed by atoms with Gasteiger partial charge in [-0.3, -0.25) is 9.59 Å². The molecule has 2 amide bonds. The van der Waals surface area contributed by atoms with E-state index in [1.807, 2.05) is 0 Å². The van der Waals surface area contributed by atoms with Gasteiger partial charge in [-0.05, 0) is 42.5 Å². The third-order valence-electron chi connectivity index (χ3n) is 4.45. The molecule has 0 bridgehead atoms. The average Bonchev–Trinajstić information content (AvgIpc) is 3.00. The summed E-state index contributed by atoms with van der Waals surface area (Å²) >= 11 is 5.79. The Morgan fingerprint density at radius 1 is 0.967 bits per heavy atom. The number of amides is 2. The first-order chi connectivity index (χ1) is 13.8. The number of benzene rings is 2. The van der Waals surface area contributed by atoms with Gasteiger partial charge in [0, 0.05) is 29.2 Å². The highest BCUT2D eigenvalue weighted by Crippen LogP contribution is 2.36. The fourth-order valence-corrected chi connectivity index (χ4v) is 3.16. The fraction of sp³-hybridized carbons (Fsp3) is 0.263. The van der Waals surface area contributed by atoms with Gasteiger partial charge < -0.3 is 10.2 Å². The molecule has 1 aliphatic rings. The van der Waals surface area contributed by atoms with Crippen LogP contribution < -0.4 is 10.2 Å². The van der Waals surface area contributed by atoms with Crippen LogP contribution in [0.25, 0.3) is 0 Å². The molecule has 0 radical (unpaired) electrons. The summed E-state index contributed by atoms with van der Waals surface area (Å²) in [5.41, 5.74) is -3.48. The quantitative estimate of drug-likeness (QED) is 0.675. The van der Waals surface area contributed by atoms with Crippen molar-refractivity contribution in [3.05, 3.63) is 64.2 Å². The van der Waals surface area contributed by atoms with Crippen LogP contribution in [-0.4, -0.2) is 24.4 Å². The zero-order chi connectivity index (χ0) is 22.3. The largest absolute Gasteiger partial charge is 0.416 e. The molecule has 30 heavy (non-hydrogen) atoms. The van der Waals surface area contributed by atoms with Crippen molar-refractivity contribution in [2.45, 2.75) is 24.8 Å². The Hall–Kier alpha value is -2.75. The first-order valence-electron chi connectivity index (χ1n) is 8.51. The monoisotopic (exact) mass is 450 g/mol. The number of nitrogens with zero attached hydrogens (tertiary/aromatic N) is 1. The van der Waals surface area contributed by atoms with Crippen LogP contribution in [0.2, 0.25) is 5.02 Å². The molecule has 2 aromatic rings. The number of carbonyl (C=O) groups excluding carboxylic acids is 2. The number of nitrogens with one attached hydrogen (secondary N) is 1. The Labute approximate surface area is 171 Å². The molecule has 0 aromatic heterocycles. The van der Waals surface area contributed by atoms with E-state index in [9.17, 15) is 35.9 Å². The Balaban J connectivity index is 1.80. The summed E-state index contributed by atoms with van der Waals surface area (Å²) in [7, 11) is 0. The number of alkyl halides is 6. The van der Waals surface area contributed by atoms with Gasteiger partial charge in [-0.2, -0.15) is 26.3 Å². The lowest BCUT2D eigenvalue weighted by Gasteiger charge is -2.18. The predicted molar refractivity (Wildman–Crippen MR) is 96.1 cm³/mol. The second kappa shape index (κ2) is 7.82. The summed E-state index contributed by atoms with van der Waals surface area (Å²) < 4.78 is 77.8. The standard InChI is InChI=1S/C19H13ClF6N2O2/c20-13-1-3-15(4-2-13)28-9-14(8-16(28)29)27-17(30)10-5-11(18(21,22)23)7-12(6-10)19(24,25)26/h1-7,14H,8-9H2,(H,27,30). The van der Waals surface area contributed by atoms with E-state index >= 15 is 0 Å². The van der Waals surface area contributed by atoms with E-state index in [1.165, 1.54) is 4.90 Å². The van der Waals surface area contributed by atoms with Crippen molar-refractivity contribution in [1.29, 1.82) is 0 Å². The molecule has 1 unspecified atom stereocenters. The summed E-state index contributed by atoms with van der Waals surface area (Å²) in [4.78, 5) is 25.9. The van der Waals surface area contributed by atoms with Gasteiger partial charge in [0.25, 0.3) is 5.91 Å². The molecule has 0 spiro atoms. The Bertz CT molecular complexity index is 940. The van der Waals surface area contributed by atoms with Crippen molar-refractivity contribution in [2.75, 3.05) is 11.4 Å². The van der Waals surface area contributed by atoms with Crippen LogP contribution in [0.5, 0.6) is 0 Å². The van der Waals surface area contributed by atoms with Gasteiger partial charge in [0.1, 0.15) is 0 Å². The maximum atomic E-state index is 13.0. The van der Waals surface area contributed by atoms with Crippen molar-refractivity contribution in [2.24, 2.45) is 0 Å². The highest BCUT2D eigenvalue weighted by molar-refractivity contribution is 6.30. The van der Waals surface area contributed by atoms with Crippen molar-refractivity contribution in [1.82, 2.24) is 5.32 Å². The van der Waals surface area contributed by atoms with Crippen molar-refractivity contribution < 1.29 is 35.9 Å². The zero-order valence-electron chi connectivity index (χ0n) is 14.9. The molecule has 1 heterocycles. The number of hydrogen-bond acceptors (Lipinski definition) is 2. The molecule has 4 nitrogen and oxygen atoms in total. The molecule has 160 valence electrons. The van der Waals surface area contributed by atoms with Crippen LogP contribution in [0.15, 0.2) is 42.5 Å². The van der Waals surface area contributed by atoms with Crippen molar-refractivity contribution in [3.8, 4) is 0 Å². The van der Waals surface area contributed by atoms with Gasteiger partial charge in [-0.1, -0.05) is 11.6 Å². The SMILES string of the molecule is O=C(NC1CC(=O)N(c2ccc(Cl)cc2)C1)c1cc(C(F)(F)F)cc(C(F)(F)F)c1. The minimum Gasteiger partial charge on any atom is -0.347 e. The summed E-state index contributed by atoms with van der Waals surface area (Å²) in [5, 5.41) is 2.78. The molecule has 0 aliphatic carbocycles. The third-order valence-corrected chi connectivity index (χ3v) is 4.70. The molecule has 1 N–H and O–H groups in total. The van der Waals surface area contributed by atoms with Gasteiger partial charge in [0.2, 0.25) is 5.91 Å². The fourth-order valence-electron chi connectivity index (χ4n) is 3.03. The van der Waals surface area contributed by atoms with Crippen LogP contribution in [0.4, 0.5) is 32.0 Å². The topological polar surface area (TPSA) is 49.4 Å². The van der Waals surface area contributed by atoms with Gasteiger partial charge in [-0.15, -0.1) is 0 Å². The van der Waals surface area contributed by atoms with Crippen LogP contribution in [-0.2, 0) is 17.1 Å². The molecule has 1 fully saturated rings. The lowest BCUT2D eigenvalue weighted by molar-refractivity contribution is -0.143. The lowest BCUT2D eigenvalue weighted by atomic mass is 10.0. The molecule has 11 heteroatoms. The Morgan fingerprint density at radius 2 is 1.50 bits per heavy atom. The van der Waals surface area contributed by atoms with Gasteiger partial charge >= 0.3 is 12.4 Å². The van der Waals surface area contributed by atoms with E-state index in [0.29, 0.717) is 22.8 Å². The van der Waals surface area contributed by atoms with Crippen LogP contribution in [0.3, 0.4) is 0 Å². The van der Waals surface area contributed by atoms with E-state index in [0.717, 1.165) is 0 Å². The van der Waals surface area contributed by atoms with E-state index in [-0.39, 0.29) is 24.9 Å². The Morgan fingerprint density at radius 3 is 2.00 bits per heavy atom. The zero-order valence-corrected chi connectivity index (χ0v) is 15.7. The maximum Gasteiger partial charge on any atom is 0.416 e. The number of anilines is 1. The van der Waals surface area contributed by atoms with E-state index < -0.39 is 41.0 Å². The van der Waals surface area contributed by atoms with Crippen molar-refractivity contribution >= 4 is 29.1 Å². The second-order valence-corrected chi connectivity index (χ2v) is 7.09. The summed E-state index contributed by atoms with van der Waals surface area (Å²) in [6.07, 6.45) is -10.3. The average molecular weight is 451 g/mol. The lowest BCUT2D eigenvalue weighted by Crippen LogP contribution is -2.37. The van der Waals surface area contributed by atoms with E-state index in [2.05, 4.69) is 5.32 Å². The normalized spacial score (nSPS) is 17.4.